The maximum atomic E-state index is 10.0. The zero-order valence-corrected chi connectivity index (χ0v) is 14.0. The van der Waals surface area contributed by atoms with Crippen LogP contribution in [0.2, 0.25) is 0 Å². The summed E-state index contributed by atoms with van der Waals surface area (Å²) in [5, 5.41) is 10.0. The zero-order chi connectivity index (χ0) is 12.4. The summed E-state index contributed by atoms with van der Waals surface area (Å²) in [4.78, 5) is 0. The van der Waals surface area contributed by atoms with Crippen LogP contribution in [0.15, 0.2) is 21.1 Å². The molecule has 0 radical (unpaired) electrons. The fourth-order valence-electron chi connectivity index (χ4n) is 2.63. The largest absolute Gasteiger partial charge is 0.508 e. The second kappa shape index (κ2) is 7.13. The van der Waals surface area contributed by atoms with E-state index in [9.17, 15) is 5.11 Å². The van der Waals surface area contributed by atoms with Gasteiger partial charge >= 0.3 is 0 Å². The number of halogens is 3. The van der Waals surface area contributed by atoms with Gasteiger partial charge in [0.2, 0.25) is 0 Å². The van der Waals surface area contributed by atoms with E-state index in [1.54, 1.807) is 6.07 Å². The minimum atomic E-state index is -0.0715. The molecule has 0 saturated heterocycles. The maximum Gasteiger partial charge on any atom is 0.122 e. The first-order valence-corrected chi connectivity index (χ1v) is 7.61. The number of hydrogen-bond donors (Lipinski definition) is 2. The molecule has 18 heavy (non-hydrogen) atoms. The molecule has 1 atom stereocenters. The fourth-order valence-corrected chi connectivity index (χ4v) is 4.10. The van der Waals surface area contributed by atoms with Crippen LogP contribution in [0.4, 0.5) is 0 Å². The van der Waals surface area contributed by atoms with E-state index in [4.69, 9.17) is 5.73 Å². The second-order valence-corrected chi connectivity index (χ2v) is 6.51. The Morgan fingerprint density at radius 1 is 1.17 bits per heavy atom. The molecule has 0 aliphatic heterocycles. The highest BCUT2D eigenvalue weighted by atomic mass is 79.9. The molecule has 0 spiro atoms. The molecule has 102 valence electrons. The van der Waals surface area contributed by atoms with Crippen molar-refractivity contribution in [3.05, 3.63) is 26.6 Å². The second-order valence-electron chi connectivity index (χ2n) is 4.74. The highest BCUT2D eigenvalue weighted by Gasteiger charge is 2.25. The van der Waals surface area contributed by atoms with Crippen LogP contribution in [0, 0.1) is 5.92 Å². The van der Waals surface area contributed by atoms with E-state index in [2.05, 4.69) is 31.9 Å². The van der Waals surface area contributed by atoms with Gasteiger partial charge in [-0.1, -0.05) is 51.1 Å². The number of rotatable bonds is 2. The monoisotopic (exact) mass is 397 g/mol. The summed E-state index contributed by atoms with van der Waals surface area (Å²) in [5.74, 6) is 0.774. The normalized spacial score (nSPS) is 18.2. The van der Waals surface area contributed by atoms with Crippen molar-refractivity contribution < 1.29 is 5.11 Å². The highest BCUT2D eigenvalue weighted by Crippen LogP contribution is 2.40. The zero-order valence-electron chi connectivity index (χ0n) is 10.0. The number of hydrogen-bond acceptors (Lipinski definition) is 2. The van der Waals surface area contributed by atoms with Gasteiger partial charge in [-0.2, -0.15) is 0 Å². The van der Waals surface area contributed by atoms with Gasteiger partial charge in [-0.05, 0) is 30.9 Å². The number of benzene rings is 1. The molecule has 5 heteroatoms. The Hall–Kier alpha value is 0.230. The summed E-state index contributed by atoms with van der Waals surface area (Å²) in [6.07, 6.45) is 6.17. The van der Waals surface area contributed by atoms with Crippen molar-refractivity contribution in [1.29, 1.82) is 0 Å². The molecule has 1 aliphatic rings. The quantitative estimate of drug-likeness (QED) is 0.741. The third kappa shape index (κ3) is 3.62. The summed E-state index contributed by atoms with van der Waals surface area (Å²) in [6, 6.07) is 3.58. The van der Waals surface area contributed by atoms with Crippen LogP contribution in [0.3, 0.4) is 0 Å². The SMILES string of the molecule is Cl.N[C@@H](c1c(O)cc(Br)cc1Br)C1CCCCC1. The van der Waals surface area contributed by atoms with Crippen LogP contribution < -0.4 is 5.73 Å². The molecule has 0 amide bonds. The summed E-state index contributed by atoms with van der Waals surface area (Å²) in [7, 11) is 0. The van der Waals surface area contributed by atoms with E-state index in [0.29, 0.717) is 5.92 Å². The van der Waals surface area contributed by atoms with Gasteiger partial charge in [-0.25, -0.2) is 0 Å². The van der Waals surface area contributed by atoms with Gasteiger partial charge in [0.1, 0.15) is 5.75 Å². The lowest BCUT2D eigenvalue weighted by atomic mass is 9.81. The van der Waals surface area contributed by atoms with E-state index in [1.807, 2.05) is 6.07 Å². The standard InChI is InChI=1S/C13H17Br2NO.ClH/c14-9-6-10(15)12(11(17)7-9)13(16)8-4-2-1-3-5-8;/h6-8,13,17H,1-5,16H2;1H/t13-;/m1./s1. The molecule has 1 fully saturated rings. The van der Waals surface area contributed by atoms with E-state index < -0.39 is 0 Å². The summed E-state index contributed by atoms with van der Waals surface area (Å²) < 4.78 is 1.75. The van der Waals surface area contributed by atoms with Gasteiger partial charge in [-0.3, -0.25) is 0 Å². The van der Waals surface area contributed by atoms with E-state index >= 15 is 0 Å². The molecule has 3 N–H and O–H groups in total. The molecule has 1 aromatic carbocycles. The first-order valence-electron chi connectivity index (χ1n) is 6.03. The molecule has 1 saturated carbocycles. The third-order valence-electron chi connectivity index (χ3n) is 3.56. The van der Waals surface area contributed by atoms with Crippen LogP contribution in [-0.2, 0) is 0 Å². The molecule has 2 nitrogen and oxygen atoms in total. The Labute approximate surface area is 131 Å². The predicted molar refractivity (Wildman–Crippen MR) is 84.3 cm³/mol. The summed E-state index contributed by atoms with van der Waals surface area (Å²) in [6.45, 7) is 0. The van der Waals surface area contributed by atoms with Crippen LogP contribution in [-0.4, -0.2) is 5.11 Å². The summed E-state index contributed by atoms with van der Waals surface area (Å²) >= 11 is 6.86. The molecule has 1 aromatic rings. The predicted octanol–water partition coefficient (Wildman–Crippen LogP) is 4.92. The first-order chi connectivity index (χ1) is 8.09. The Morgan fingerprint density at radius 2 is 1.78 bits per heavy atom. The lowest BCUT2D eigenvalue weighted by Gasteiger charge is -2.28. The topological polar surface area (TPSA) is 46.2 Å². The lowest BCUT2D eigenvalue weighted by Crippen LogP contribution is -2.24. The molecular formula is C13H18Br2ClNO. The minimum absolute atomic E-state index is 0. The fraction of sp³-hybridized carbons (Fsp3) is 0.538. The van der Waals surface area contributed by atoms with Crippen molar-refractivity contribution in [1.82, 2.24) is 0 Å². The average molecular weight is 400 g/mol. The summed E-state index contributed by atoms with van der Waals surface area (Å²) in [5.41, 5.74) is 7.16. The van der Waals surface area contributed by atoms with Crippen LogP contribution in [0.1, 0.15) is 43.7 Å². The highest BCUT2D eigenvalue weighted by molar-refractivity contribution is 9.11. The molecule has 0 aromatic heterocycles. The van der Waals surface area contributed by atoms with Gasteiger partial charge in [0.05, 0.1) is 0 Å². The molecule has 0 bridgehead atoms. The molecular weight excluding hydrogens is 381 g/mol. The van der Waals surface area contributed by atoms with Crippen LogP contribution in [0.5, 0.6) is 5.75 Å². The lowest BCUT2D eigenvalue weighted by molar-refractivity contribution is 0.302. The van der Waals surface area contributed by atoms with Crippen molar-refractivity contribution in [3.8, 4) is 5.75 Å². The minimum Gasteiger partial charge on any atom is -0.508 e. The first kappa shape index (κ1) is 16.3. The number of nitrogens with two attached hydrogens (primary N) is 1. The smallest absolute Gasteiger partial charge is 0.122 e. The van der Waals surface area contributed by atoms with Crippen molar-refractivity contribution in [2.24, 2.45) is 11.7 Å². The van der Waals surface area contributed by atoms with E-state index in [-0.39, 0.29) is 24.2 Å². The van der Waals surface area contributed by atoms with Crippen LogP contribution >= 0.6 is 44.3 Å². The Kier molecular flexibility index (Phi) is 6.45. The maximum absolute atomic E-state index is 10.0. The van der Waals surface area contributed by atoms with Crippen LogP contribution in [0.25, 0.3) is 0 Å². The Morgan fingerprint density at radius 3 is 2.33 bits per heavy atom. The molecule has 0 heterocycles. The van der Waals surface area contributed by atoms with Gasteiger partial charge in [0.15, 0.2) is 0 Å². The molecule has 0 unspecified atom stereocenters. The Bertz CT molecular complexity index is 385. The number of phenols is 1. The number of aromatic hydroxyl groups is 1. The van der Waals surface area contributed by atoms with Gasteiger partial charge < -0.3 is 10.8 Å². The Balaban J connectivity index is 0.00000162. The van der Waals surface area contributed by atoms with Crippen molar-refractivity contribution in [3.63, 3.8) is 0 Å². The van der Waals surface area contributed by atoms with Gasteiger partial charge in [0, 0.05) is 20.6 Å². The van der Waals surface area contributed by atoms with Gasteiger partial charge in [-0.15, -0.1) is 12.4 Å². The van der Waals surface area contributed by atoms with E-state index in [1.165, 1.54) is 32.1 Å². The van der Waals surface area contributed by atoms with Gasteiger partial charge in [0.25, 0.3) is 0 Å². The van der Waals surface area contributed by atoms with Crippen molar-refractivity contribution in [2.45, 2.75) is 38.1 Å². The molecule has 2 rings (SSSR count). The third-order valence-corrected chi connectivity index (χ3v) is 4.68. The number of phenolic OH excluding ortho intramolecular Hbond substituents is 1. The van der Waals surface area contributed by atoms with Crippen molar-refractivity contribution >= 4 is 44.3 Å². The average Bonchev–Trinajstić information content (AvgIpc) is 2.28. The van der Waals surface area contributed by atoms with E-state index in [0.717, 1.165) is 14.5 Å². The van der Waals surface area contributed by atoms with Crippen molar-refractivity contribution in [2.75, 3.05) is 0 Å². The molecule has 1 aliphatic carbocycles.